The van der Waals surface area contributed by atoms with Crippen molar-refractivity contribution in [3.05, 3.63) is 53.2 Å². The molecule has 3 heterocycles. The number of benzene rings is 1. The van der Waals surface area contributed by atoms with Gasteiger partial charge >= 0.3 is 0 Å². The number of aromatic amines is 1. The number of likely N-dealkylation sites (tertiary alicyclic amines) is 1. The number of imidazole rings is 1. The SMILES string of the molecule is CN1C[C@@H](Cn2ccnc2)CC2c3cccc4[nH]c(Cl)c(c34)C[C@H]21. The minimum atomic E-state index is 0.551. The van der Waals surface area contributed by atoms with Crippen molar-refractivity contribution < 1.29 is 0 Å². The Kier molecular flexibility index (Phi) is 3.25. The molecule has 1 aliphatic carbocycles. The Labute approximate surface area is 146 Å². The molecule has 3 aromatic rings. The molecule has 2 aliphatic rings. The summed E-state index contributed by atoms with van der Waals surface area (Å²) >= 11 is 6.49. The molecule has 1 N–H and O–H groups in total. The van der Waals surface area contributed by atoms with Crippen LogP contribution in [0.5, 0.6) is 0 Å². The van der Waals surface area contributed by atoms with Crippen molar-refractivity contribution in [3.63, 3.8) is 0 Å². The monoisotopic (exact) mass is 340 g/mol. The highest BCUT2D eigenvalue weighted by atomic mass is 35.5. The Morgan fingerprint density at radius 3 is 3.12 bits per heavy atom. The maximum Gasteiger partial charge on any atom is 0.110 e. The van der Waals surface area contributed by atoms with Crippen molar-refractivity contribution in [3.8, 4) is 0 Å². The fraction of sp³-hybridized carbons (Fsp3) is 0.421. The van der Waals surface area contributed by atoms with E-state index in [1.165, 1.54) is 28.5 Å². The van der Waals surface area contributed by atoms with E-state index in [1.807, 2.05) is 12.5 Å². The van der Waals surface area contributed by atoms with Gasteiger partial charge < -0.3 is 14.5 Å². The van der Waals surface area contributed by atoms with E-state index >= 15 is 0 Å². The predicted molar refractivity (Wildman–Crippen MR) is 96.5 cm³/mol. The molecule has 5 rings (SSSR count). The minimum absolute atomic E-state index is 0.551. The number of piperidine rings is 1. The van der Waals surface area contributed by atoms with E-state index in [9.17, 15) is 0 Å². The van der Waals surface area contributed by atoms with Crippen LogP contribution in [0.2, 0.25) is 5.15 Å². The van der Waals surface area contributed by atoms with Crippen molar-refractivity contribution in [1.29, 1.82) is 0 Å². The molecule has 4 nitrogen and oxygen atoms in total. The molecular weight excluding hydrogens is 320 g/mol. The van der Waals surface area contributed by atoms with Gasteiger partial charge in [0, 0.05) is 48.3 Å². The highest BCUT2D eigenvalue weighted by Gasteiger charge is 2.40. The lowest BCUT2D eigenvalue weighted by Crippen LogP contribution is -2.48. The number of aromatic nitrogens is 3. The van der Waals surface area contributed by atoms with Gasteiger partial charge in [-0.15, -0.1) is 0 Å². The Bertz CT molecular complexity index is 882. The average Bonchev–Trinajstić information content (AvgIpc) is 3.18. The summed E-state index contributed by atoms with van der Waals surface area (Å²) in [6, 6.07) is 7.16. The number of H-pyrrole nitrogens is 1. The predicted octanol–water partition coefficient (Wildman–Crippen LogP) is 3.68. The first-order valence-corrected chi connectivity index (χ1v) is 9.03. The fourth-order valence-corrected chi connectivity index (χ4v) is 5.20. The molecule has 0 saturated carbocycles. The Hall–Kier alpha value is -1.78. The standard InChI is InChI=1S/C19H21ClN4/c1-23-9-12(10-24-6-5-21-11-24)7-14-13-3-2-4-16-18(13)15(8-17(14)23)19(20)22-16/h2-6,11-12,14,17,22H,7-10H2,1H3/t12-,14?,17+/m0/s1. The van der Waals surface area contributed by atoms with Crippen molar-refractivity contribution in [2.75, 3.05) is 13.6 Å². The fourth-order valence-electron chi connectivity index (χ4n) is 4.92. The zero-order valence-electron chi connectivity index (χ0n) is 13.7. The zero-order chi connectivity index (χ0) is 16.3. The third-order valence-corrected chi connectivity index (χ3v) is 6.24. The van der Waals surface area contributed by atoms with Crippen molar-refractivity contribution in [1.82, 2.24) is 19.4 Å². The smallest absolute Gasteiger partial charge is 0.110 e. The van der Waals surface area contributed by atoms with Crippen LogP contribution in [0.25, 0.3) is 10.9 Å². The average molecular weight is 341 g/mol. The second-order valence-electron chi connectivity index (χ2n) is 7.37. The molecule has 124 valence electrons. The molecule has 0 amide bonds. The minimum Gasteiger partial charge on any atom is -0.345 e. The second-order valence-corrected chi connectivity index (χ2v) is 7.74. The first kappa shape index (κ1) is 14.6. The van der Waals surface area contributed by atoms with Crippen LogP contribution in [0.3, 0.4) is 0 Å². The summed E-state index contributed by atoms with van der Waals surface area (Å²) in [5.74, 6) is 1.23. The van der Waals surface area contributed by atoms with Gasteiger partial charge in [0.25, 0.3) is 0 Å². The van der Waals surface area contributed by atoms with Gasteiger partial charge in [-0.1, -0.05) is 23.7 Å². The summed E-state index contributed by atoms with van der Waals surface area (Å²) in [4.78, 5) is 10.1. The maximum atomic E-state index is 6.49. The summed E-state index contributed by atoms with van der Waals surface area (Å²) in [6.45, 7) is 2.18. The van der Waals surface area contributed by atoms with Gasteiger partial charge in [-0.3, -0.25) is 0 Å². The molecule has 1 aliphatic heterocycles. The largest absolute Gasteiger partial charge is 0.345 e. The number of nitrogens with zero attached hydrogens (tertiary/aromatic N) is 3. The molecule has 2 aromatic heterocycles. The van der Waals surface area contributed by atoms with E-state index in [4.69, 9.17) is 11.6 Å². The van der Waals surface area contributed by atoms with Gasteiger partial charge in [0.05, 0.1) is 6.33 Å². The molecule has 1 saturated heterocycles. The van der Waals surface area contributed by atoms with Gasteiger partial charge in [0.1, 0.15) is 5.15 Å². The van der Waals surface area contributed by atoms with Gasteiger partial charge in [-0.25, -0.2) is 4.98 Å². The van der Waals surface area contributed by atoms with E-state index in [0.717, 1.165) is 24.7 Å². The van der Waals surface area contributed by atoms with Crippen LogP contribution in [0.4, 0.5) is 0 Å². The van der Waals surface area contributed by atoms with E-state index in [-0.39, 0.29) is 0 Å². The van der Waals surface area contributed by atoms with Crippen LogP contribution in [0.15, 0.2) is 36.9 Å². The van der Waals surface area contributed by atoms with E-state index in [2.05, 4.69) is 50.9 Å². The molecule has 1 aromatic carbocycles. The van der Waals surface area contributed by atoms with E-state index < -0.39 is 0 Å². The lowest BCUT2D eigenvalue weighted by molar-refractivity contribution is 0.103. The molecule has 24 heavy (non-hydrogen) atoms. The number of rotatable bonds is 2. The maximum absolute atomic E-state index is 6.49. The van der Waals surface area contributed by atoms with Crippen LogP contribution < -0.4 is 0 Å². The number of hydrogen-bond acceptors (Lipinski definition) is 2. The normalized spacial score (nSPS) is 26.7. The van der Waals surface area contributed by atoms with Crippen LogP contribution >= 0.6 is 11.6 Å². The molecule has 0 spiro atoms. The number of nitrogens with one attached hydrogen (secondary N) is 1. The van der Waals surface area contributed by atoms with E-state index in [0.29, 0.717) is 17.9 Å². The summed E-state index contributed by atoms with van der Waals surface area (Å²) in [7, 11) is 2.27. The van der Waals surface area contributed by atoms with Gasteiger partial charge in [0.2, 0.25) is 0 Å². The highest BCUT2D eigenvalue weighted by Crippen LogP contribution is 2.46. The highest BCUT2D eigenvalue weighted by molar-refractivity contribution is 6.32. The quantitative estimate of drug-likeness (QED) is 0.772. The Morgan fingerprint density at radius 1 is 1.38 bits per heavy atom. The topological polar surface area (TPSA) is 36.9 Å². The summed E-state index contributed by atoms with van der Waals surface area (Å²) in [5.41, 5.74) is 3.97. The summed E-state index contributed by atoms with van der Waals surface area (Å²) < 4.78 is 2.21. The van der Waals surface area contributed by atoms with Crippen molar-refractivity contribution >= 4 is 22.5 Å². The first-order chi connectivity index (χ1) is 11.7. The number of hydrogen-bond donors (Lipinski definition) is 1. The number of likely N-dealkylation sites (N-methyl/N-ethyl adjacent to an activating group) is 1. The van der Waals surface area contributed by atoms with Crippen molar-refractivity contribution in [2.45, 2.75) is 31.3 Å². The lowest BCUT2D eigenvalue weighted by Gasteiger charge is -2.45. The number of halogens is 1. The molecule has 0 radical (unpaired) electrons. The molecular formula is C19H21ClN4. The molecule has 0 bridgehead atoms. The number of fused-ring (bicyclic) bond motifs is 2. The second kappa shape index (κ2) is 5.36. The summed E-state index contributed by atoms with van der Waals surface area (Å²) in [6.07, 6.45) is 8.14. The molecule has 3 atom stereocenters. The lowest BCUT2D eigenvalue weighted by atomic mass is 9.72. The summed E-state index contributed by atoms with van der Waals surface area (Å²) in [5, 5.41) is 2.20. The van der Waals surface area contributed by atoms with Gasteiger partial charge in [-0.2, -0.15) is 0 Å². The molecule has 5 heteroatoms. The van der Waals surface area contributed by atoms with Crippen molar-refractivity contribution in [2.24, 2.45) is 5.92 Å². The zero-order valence-corrected chi connectivity index (χ0v) is 14.5. The first-order valence-electron chi connectivity index (χ1n) is 8.65. The Morgan fingerprint density at radius 2 is 2.29 bits per heavy atom. The third-order valence-electron chi connectivity index (χ3n) is 5.91. The van der Waals surface area contributed by atoms with Crippen LogP contribution in [-0.4, -0.2) is 39.1 Å². The van der Waals surface area contributed by atoms with E-state index in [1.54, 1.807) is 0 Å². The molecule has 1 fully saturated rings. The van der Waals surface area contributed by atoms with Gasteiger partial charge in [-0.05, 0) is 43.0 Å². The third kappa shape index (κ3) is 2.13. The van der Waals surface area contributed by atoms with Crippen LogP contribution in [-0.2, 0) is 13.0 Å². The van der Waals surface area contributed by atoms with Gasteiger partial charge in [0.15, 0.2) is 0 Å². The van der Waals surface area contributed by atoms with Crippen LogP contribution in [0, 0.1) is 5.92 Å². The Balaban J connectivity index is 1.54. The molecule has 1 unspecified atom stereocenters. The van der Waals surface area contributed by atoms with Crippen LogP contribution in [0.1, 0.15) is 23.5 Å².